The van der Waals surface area contributed by atoms with Gasteiger partial charge < -0.3 is 30.0 Å². The van der Waals surface area contributed by atoms with E-state index >= 15 is 0 Å². The van der Waals surface area contributed by atoms with Gasteiger partial charge in [-0.2, -0.15) is 0 Å². The first-order valence-electron chi connectivity index (χ1n) is 13.6. The number of carbonyl (C=O) groups excluding carboxylic acids is 2. The predicted molar refractivity (Wildman–Crippen MR) is 138 cm³/mol. The van der Waals surface area contributed by atoms with Crippen LogP contribution in [0.4, 0.5) is 0 Å². The van der Waals surface area contributed by atoms with Crippen LogP contribution in [0.3, 0.4) is 0 Å². The fourth-order valence-corrected chi connectivity index (χ4v) is 5.68. The molecule has 0 aliphatic carbocycles. The normalized spacial score (nSPS) is 18.4. The number of esters is 2. The number of ether oxygens (including phenoxy) is 3. The Balaban J connectivity index is 1.95. The van der Waals surface area contributed by atoms with Crippen LogP contribution in [0.5, 0.6) is 11.5 Å². The number of aromatic hydroxyl groups is 1. The standard InChI is InChI=1S/C28H44N2O6/c1-4-5-6-8-22(35-20(2)31)17-25(36-26(33)19-29-3)28(12-14-30-15-13-28)18-21-10-11-24(32)27-23(21)9-7-16-34-27/h10-11,22,25,29-30,32H,4-9,12-19H2,1-3H3. The third kappa shape index (κ3) is 7.59. The number of likely N-dealkylation sites (N-methyl/N-ethyl adjacent to an activating group) is 1. The third-order valence-electron chi connectivity index (χ3n) is 7.51. The van der Waals surface area contributed by atoms with E-state index in [1.165, 1.54) is 6.92 Å². The summed E-state index contributed by atoms with van der Waals surface area (Å²) in [6.07, 6.45) is 7.78. The summed E-state index contributed by atoms with van der Waals surface area (Å²) in [6, 6.07) is 3.70. The average molecular weight is 505 g/mol. The van der Waals surface area contributed by atoms with E-state index in [1.54, 1.807) is 13.1 Å². The van der Waals surface area contributed by atoms with Crippen molar-refractivity contribution in [2.24, 2.45) is 5.41 Å². The molecule has 2 aliphatic rings. The van der Waals surface area contributed by atoms with Gasteiger partial charge in [0.15, 0.2) is 11.5 Å². The van der Waals surface area contributed by atoms with Crippen LogP contribution in [0.2, 0.25) is 0 Å². The summed E-state index contributed by atoms with van der Waals surface area (Å²) in [6.45, 7) is 5.97. The molecule has 1 aromatic carbocycles. The predicted octanol–water partition coefficient (Wildman–Crippen LogP) is 3.66. The van der Waals surface area contributed by atoms with Gasteiger partial charge in [-0.05, 0) is 76.7 Å². The van der Waals surface area contributed by atoms with Crippen molar-refractivity contribution in [3.05, 3.63) is 23.3 Å². The lowest BCUT2D eigenvalue weighted by atomic mass is 9.67. The van der Waals surface area contributed by atoms with Gasteiger partial charge in [0.1, 0.15) is 12.2 Å². The molecule has 2 heterocycles. The number of carbonyl (C=O) groups is 2. The summed E-state index contributed by atoms with van der Waals surface area (Å²) in [4.78, 5) is 24.7. The molecule has 0 spiro atoms. The second kappa shape index (κ2) is 13.8. The van der Waals surface area contributed by atoms with E-state index in [9.17, 15) is 14.7 Å². The Morgan fingerprint density at radius 2 is 2.00 bits per heavy atom. The highest BCUT2D eigenvalue weighted by Crippen LogP contribution is 2.44. The van der Waals surface area contributed by atoms with Crippen LogP contribution in [0, 0.1) is 5.41 Å². The second-order valence-electron chi connectivity index (χ2n) is 10.3. The van der Waals surface area contributed by atoms with Gasteiger partial charge in [0, 0.05) is 24.3 Å². The van der Waals surface area contributed by atoms with E-state index in [1.807, 2.05) is 6.07 Å². The Hall–Kier alpha value is -2.32. The van der Waals surface area contributed by atoms with E-state index in [0.29, 0.717) is 25.2 Å². The Bertz CT molecular complexity index is 868. The van der Waals surface area contributed by atoms with Crippen molar-refractivity contribution < 1.29 is 28.9 Å². The van der Waals surface area contributed by atoms with Crippen LogP contribution in [0.25, 0.3) is 0 Å². The minimum Gasteiger partial charge on any atom is -0.504 e. The minimum atomic E-state index is -0.402. The first kappa shape index (κ1) is 28.3. The second-order valence-corrected chi connectivity index (χ2v) is 10.3. The monoisotopic (exact) mass is 504 g/mol. The molecular weight excluding hydrogens is 460 g/mol. The molecule has 8 nitrogen and oxygen atoms in total. The zero-order valence-electron chi connectivity index (χ0n) is 22.2. The lowest BCUT2D eigenvalue weighted by molar-refractivity contribution is -0.163. The Labute approximate surface area is 215 Å². The minimum absolute atomic E-state index is 0.126. The van der Waals surface area contributed by atoms with Gasteiger partial charge in [0.05, 0.1) is 13.2 Å². The van der Waals surface area contributed by atoms with E-state index in [2.05, 4.69) is 17.6 Å². The quantitative estimate of drug-likeness (QED) is 0.276. The number of hydrogen-bond donors (Lipinski definition) is 3. The molecule has 1 saturated heterocycles. The van der Waals surface area contributed by atoms with Gasteiger partial charge in [0.2, 0.25) is 0 Å². The molecule has 0 radical (unpaired) electrons. The smallest absolute Gasteiger partial charge is 0.320 e. The summed E-state index contributed by atoms with van der Waals surface area (Å²) in [7, 11) is 1.73. The maximum Gasteiger partial charge on any atom is 0.320 e. The SMILES string of the molecule is CCCCCC(CC(OC(=O)CNC)C1(Cc2ccc(O)c3c2CCCO3)CCNCC1)OC(C)=O. The zero-order valence-corrected chi connectivity index (χ0v) is 22.2. The van der Waals surface area contributed by atoms with Gasteiger partial charge in [0.25, 0.3) is 0 Å². The van der Waals surface area contributed by atoms with Crippen molar-refractivity contribution in [2.45, 2.75) is 90.3 Å². The zero-order chi connectivity index (χ0) is 26.0. The van der Waals surface area contributed by atoms with E-state index in [4.69, 9.17) is 14.2 Å². The number of phenols is 1. The van der Waals surface area contributed by atoms with Crippen LogP contribution >= 0.6 is 0 Å². The van der Waals surface area contributed by atoms with Crippen molar-refractivity contribution in [3.8, 4) is 11.5 Å². The van der Waals surface area contributed by atoms with Gasteiger partial charge >= 0.3 is 11.9 Å². The number of unbranched alkanes of at least 4 members (excludes halogenated alkanes) is 2. The summed E-state index contributed by atoms with van der Waals surface area (Å²) < 4.78 is 17.8. The highest BCUT2D eigenvalue weighted by Gasteiger charge is 2.44. The van der Waals surface area contributed by atoms with Crippen LogP contribution in [0.1, 0.15) is 76.3 Å². The maximum atomic E-state index is 12.8. The van der Waals surface area contributed by atoms with Crippen molar-refractivity contribution in [3.63, 3.8) is 0 Å². The number of nitrogens with one attached hydrogen (secondary N) is 2. The molecule has 36 heavy (non-hydrogen) atoms. The van der Waals surface area contributed by atoms with Crippen LogP contribution in [0.15, 0.2) is 12.1 Å². The highest BCUT2D eigenvalue weighted by molar-refractivity contribution is 5.72. The lowest BCUT2D eigenvalue weighted by Crippen LogP contribution is -2.49. The summed E-state index contributed by atoms with van der Waals surface area (Å²) in [5, 5.41) is 16.7. The van der Waals surface area contributed by atoms with Crippen molar-refractivity contribution in [1.82, 2.24) is 10.6 Å². The fourth-order valence-electron chi connectivity index (χ4n) is 5.68. The molecule has 8 heteroatoms. The molecule has 0 bridgehead atoms. The van der Waals surface area contributed by atoms with Crippen molar-refractivity contribution in [1.29, 1.82) is 0 Å². The van der Waals surface area contributed by atoms with Gasteiger partial charge in [-0.3, -0.25) is 9.59 Å². The van der Waals surface area contributed by atoms with Crippen LogP contribution in [-0.2, 0) is 31.9 Å². The Morgan fingerprint density at radius 1 is 1.22 bits per heavy atom. The summed E-state index contributed by atoms with van der Waals surface area (Å²) >= 11 is 0. The number of rotatable bonds is 13. The average Bonchev–Trinajstić information content (AvgIpc) is 2.86. The molecular formula is C28H44N2O6. The molecule has 3 N–H and O–H groups in total. The van der Waals surface area contributed by atoms with E-state index in [0.717, 1.165) is 75.6 Å². The molecule has 3 rings (SSSR count). The van der Waals surface area contributed by atoms with Gasteiger partial charge in [-0.15, -0.1) is 0 Å². The van der Waals surface area contributed by atoms with Crippen molar-refractivity contribution >= 4 is 11.9 Å². The molecule has 2 aliphatic heterocycles. The Morgan fingerprint density at radius 3 is 2.69 bits per heavy atom. The third-order valence-corrected chi connectivity index (χ3v) is 7.51. The molecule has 1 fully saturated rings. The van der Waals surface area contributed by atoms with Crippen molar-refractivity contribution in [2.75, 3.05) is 33.3 Å². The van der Waals surface area contributed by atoms with Crippen LogP contribution in [-0.4, -0.2) is 62.5 Å². The number of phenolic OH excluding ortho intramolecular Hbond substituents is 1. The van der Waals surface area contributed by atoms with E-state index in [-0.39, 0.29) is 35.8 Å². The molecule has 202 valence electrons. The molecule has 0 amide bonds. The maximum absolute atomic E-state index is 12.8. The molecule has 2 atom stereocenters. The Kier molecular flexibility index (Phi) is 10.9. The number of fused-ring (bicyclic) bond motifs is 1. The largest absolute Gasteiger partial charge is 0.504 e. The first-order valence-corrected chi connectivity index (χ1v) is 13.6. The van der Waals surface area contributed by atoms with Crippen LogP contribution < -0.4 is 15.4 Å². The molecule has 0 aromatic heterocycles. The van der Waals surface area contributed by atoms with Gasteiger partial charge in [-0.25, -0.2) is 0 Å². The highest BCUT2D eigenvalue weighted by atomic mass is 16.6. The topological polar surface area (TPSA) is 106 Å². The fraction of sp³-hybridized carbons (Fsp3) is 0.714. The van der Waals surface area contributed by atoms with Gasteiger partial charge in [-0.1, -0.05) is 25.8 Å². The lowest BCUT2D eigenvalue weighted by Gasteiger charge is -2.45. The number of benzene rings is 1. The molecule has 1 aromatic rings. The van der Waals surface area contributed by atoms with E-state index < -0.39 is 6.10 Å². The molecule has 0 saturated carbocycles. The summed E-state index contributed by atoms with van der Waals surface area (Å²) in [5.74, 6) is 0.159. The number of hydrogen-bond acceptors (Lipinski definition) is 8. The summed E-state index contributed by atoms with van der Waals surface area (Å²) in [5.41, 5.74) is 1.87. The molecule has 2 unspecified atom stereocenters. The number of piperidine rings is 1. The first-order chi connectivity index (χ1) is 17.4.